The first-order valence-corrected chi connectivity index (χ1v) is 5.97. The van der Waals surface area contributed by atoms with Crippen LogP contribution in [0.3, 0.4) is 0 Å². The van der Waals surface area contributed by atoms with Crippen LogP contribution in [0.25, 0.3) is 0 Å². The second kappa shape index (κ2) is 5.90. The second-order valence-electron chi connectivity index (χ2n) is 3.87. The first kappa shape index (κ1) is 12.9. The molecule has 0 saturated carbocycles. The van der Waals surface area contributed by atoms with Gasteiger partial charge in [-0.2, -0.15) is 0 Å². The molecule has 1 amide bonds. The molecule has 6 nitrogen and oxygen atoms in total. The van der Waals surface area contributed by atoms with E-state index in [1.807, 2.05) is 13.0 Å². The summed E-state index contributed by atoms with van der Waals surface area (Å²) in [6.45, 7) is 2.68. The minimum absolute atomic E-state index is 0.244. The van der Waals surface area contributed by atoms with E-state index in [0.717, 1.165) is 6.54 Å². The van der Waals surface area contributed by atoms with E-state index < -0.39 is 0 Å². The molecular weight excluding hydrogens is 242 g/mol. The average molecular weight is 257 g/mol. The maximum absolute atomic E-state index is 12.3. The van der Waals surface area contributed by atoms with E-state index in [0.29, 0.717) is 11.6 Å². The molecule has 0 spiro atoms. The van der Waals surface area contributed by atoms with E-state index in [4.69, 9.17) is 0 Å². The van der Waals surface area contributed by atoms with Crippen LogP contribution in [0, 0.1) is 0 Å². The fourth-order valence-corrected chi connectivity index (χ4v) is 1.56. The van der Waals surface area contributed by atoms with Crippen LogP contribution >= 0.6 is 0 Å². The number of aromatic nitrogens is 3. The largest absolute Gasteiger partial charge is 0.369 e. The third kappa shape index (κ3) is 3.04. The molecular formula is C13H15N5O. The summed E-state index contributed by atoms with van der Waals surface area (Å²) >= 11 is 0. The van der Waals surface area contributed by atoms with Crippen molar-refractivity contribution in [1.29, 1.82) is 0 Å². The van der Waals surface area contributed by atoms with Crippen LogP contribution in [0.15, 0.2) is 36.8 Å². The Balaban J connectivity index is 2.22. The number of nitrogens with zero attached hydrogens (tertiary/aromatic N) is 4. The molecule has 0 aliphatic rings. The summed E-state index contributed by atoms with van der Waals surface area (Å²) in [6.07, 6.45) is 4.67. The van der Waals surface area contributed by atoms with Gasteiger partial charge in [-0.05, 0) is 19.1 Å². The van der Waals surface area contributed by atoms with Gasteiger partial charge in [-0.1, -0.05) is 6.07 Å². The van der Waals surface area contributed by atoms with Crippen molar-refractivity contribution >= 4 is 17.5 Å². The summed E-state index contributed by atoms with van der Waals surface area (Å²) < 4.78 is 0. The molecule has 0 fully saturated rings. The minimum Gasteiger partial charge on any atom is -0.369 e. The second-order valence-corrected chi connectivity index (χ2v) is 3.87. The highest BCUT2D eigenvalue weighted by Crippen LogP contribution is 2.11. The zero-order valence-corrected chi connectivity index (χ0v) is 10.9. The third-order valence-corrected chi connectivity index (χ3v) is 2.51. The smallest absolute Gasteiger partial charge is 0.279 e. The number of hydrogen-bond acceptors (Lipinski definition) is 5. The Morgan fingerprint density at radius 1 is 1.37 bits per heavy atom. The number of nitrogens with one attached hydrogen (secondary N) is 1. The molecule has 0 atom stereocenters. The Morgan fingerprint density at radius 2 is 2.21 bits per heavy atom. The van der Waals surface area contributed by atoms with Crippen molar-refractivity contribution in [2.45, 2.75) is 6.92 Å². The van der Waals surface area contributed by atoms with Crippen LogP contribution in [0.1, 0.15) is 17.4 Å². The van der Waals surface area contributed by atoms with Gasteiger partial charge in [-0.3, -0.25) is 14.7 Å². The lowest BCUT2D eigenvalue weighted by Gasteiger charge is -2.15. The molecule has 0 saturated heterocycles. The summed E-state index contributed by atoms with van der Waals surface area (Å²) in [5, 5.41) is 3.02. The predicted octanol–water partition coefficient (Wildman–Crippen LogP) is 1.58. The van der Waals surface area contributed by atoms with Gasteiger partial charge < -0.3 is 5.32 Å². The first-order valence-electron chi connectivity index (χ1n) is 5.97. The van der Waals surface area contributed by atoms with Gasteiger partial charge in [0, 0.05) is 19.8 Å². The fraction of sp³-hybridized carbons (Fsp3) is 0.231. The summed E-state index contributed by atoms with van der Waals surface area (Å²) in [4.78, 5) is 26.1. The maximum atomic E-state index is 12.3. The van der Waals surface area contributed by atoms with Crippen LogP contribution in [-0.2, 0) is 0 Å². The zero-order valence-electron chi connectivity index (χ0n) is 10.9. The van der Waals surface area contributed by atoms with E-state index in [-0.39, 0.29) is 11.6 Å². The monoisotopic (exact) mass is 257 g/mol. The van der Waals surface area contributed by atoms with Crippen molar-refractivity contribution in [2.75, 3.05) is 23.8 Å². The van der Waals surface area contributed by atoms with Crippen molar-refractivity contribution in [1.82, 2.24) is 15.0 Å². The highest BCUT2D eigenvalue weighted by atomic mass is 16.2. The van der Waals surface area contributed by atoms with E-state index in [2.05, 4.69) is 20.3 Å². The van der Waals surface area contributed by atoms with Gasteiger partial charge in [0.1, 0.15) is 17.3 Å². The summed E-state index contributed by atoms with van der Waals surface area (Å²) in [5.41, 5.74) is 0.284. The summed E-state index contributed by atoms with van der Waals surface area (Å²) in [7, 11) is 1.66. The molecule has 2 rings (SSSR count). The molecule has 0 aromatic carbocycles. The number of anilines is 2. The van der Waals surface area contributed by atoms with Gasteiger partial charge in [0.05, 0.1) is 12.4 Å². The van der Waals surface area contributed by atoms with Gasteiger partial charge in [-0.15, -0.1) is 0 Å². The number of amides is 1. The van der Waals surface area contributed by atoms with E-state index in [1.54, 1.807) is 31.6 Å². The molecule has 98 valence electrons. The lowest BCUT2D eigenvalue weighted by molar-refractivity contribution is 0.0987. The third-order valence-electron chi connectivity index (χ3n) is 2.51. The first-order chi connectivity index (χ1) is 9.22. The van der Waals surface area contributed by atoms with Crippen molar-refractivity contribution < 1.29 is 4.79 Å². The molecule has 0 aliphatic heterocycles. The molecule has 19 heavy (non-hydrogen) atoms. The lowest BCUT2D eigenvalue weighted by Crippen LogP contribution is -2.28. The van der Waals surface area contributed by atoms with Gasteiger partial charge in [0.25, 0.3) is 5.91 Å². The average Bonchev–Trinajstić information content (AvgIpc) is 2.47. The molecule has 0 aliphatic carbocycles. The summed E-state index contributed by atoms with van der Waals surface area (Å²) in [6, 6.07) is 5.39. The molecule has 2 heterocycles. The fourth-order valence-electron chi connectivity index (χ4n) is 1.56. The van der Waals surface area contributed by atoms with Crippen LogP contribution in [-0.4, -0.2) is 34.5 Å². The molecule has 0 bridgehead atoms. The standard InChI is InChI=1S/C13H15N5O/c1-3-15-11-9-14-8-10(17-11)13(19)18(2)12-6-4-5-7-16-12/h4-9H,3H2,1-2H3,(H,15,17). The van der Waals surface area contributed by atoms with Crippen LogP contribution in [0.4, 0.5) is 11.6 Å². The molecule has 1 N–H and O–H groups in total. The van der Waals surface area contributed by atoms with Crippen LogP contribution in [0.2, 0.25) is 0 Å². The number of carbonyl (C=O) groups excluding carboxylic acids is 1. The van der Waals surface area contributed by atoms with Gasteiger partial charge >= 0.3 is 0 Å². The summed E-state index contributed by atoms with van der Waals surface area (Å²) in [5.74, 6) is 0.914. The van der Waals surface area contributed by atoms with E-state index in [1.165, 1.54) is 11.1 Å². The molecule has 2 aromatic heterocycles. The Hall–Kier alpha value is -2.50. The number of rotatable bonds is 4. The Labute approximate surface area is 111 Å². The van der Waals surface area contributed by atoms with Gasteiger partial charge in [0.15, 0.2) is 0 Å². The van der Waals surface area contributed by atoms with Crippen molar-refractivity contribution in [3.05, 3.63) is 42.5 Å². The van der Waals surface area contributed by atoms with Gasteiger partial charge in [0.2, 0.25) is 0 Å². The van der Waals surface area contributed by atoms with Crippen molar-refractivity contribution in [2.24, 2.45) is 0 Å². The number of hydrogen-bond donors (Lipinski definition) is 1. The quantitative estimate of drug-likeness (QED) is 0.900. The molecule has 2 aromatic rings. The molecule has 0 radical (unpaired) electrons. The normalized spacial score (nSPS) is 10.0. The van der Waals surface area contributed by atoms with Crippen LogP contribution in [0.5, 0.6) is 0 Å². The lowest BCUT2D eigenvalue weighted by atomic mass is 10.3. The highest BCUT2D eigenvalue weighted by Gasteiger charge is 2.16. The Morgan fingerprint density at radius 3 is 2.89 bits per heavy atom. The van der Waals surface area contributed by atoms with Crippen LogP contribution < -0.4 is 10.2 Å². The van der Waals surface area contributed by atoms with E-state index >= 15 is 0 Å². The zero-order chi connectivity index (χ0) is 13.7. The molecule has 6 heteroatoms. The van der Waals surface area contributed by atoms with E-state index in [9.17, 15) is 4.79 Å². The Bertz CT molecular complexity index is 558. The predicted molar refractivity (Wildman–Crippen MR) is 73.2 cm³/mol. The maximum Gasteiger partial charge on any atom is 0.279 e. The van der Waals surface area contributed by atoms with Gasteiger partial charge in [-0.25, -0.2) is 9.97 Å². The molecule has 0 unspecified atom stereocenters. The Kier molecular flexibility index (Phi) is 4.02. The highest BCUT2D eigenvalue weighted by molar-refractivity contribution is 6.03. The number of carbonyl (C=O) groups is 1. The SMILES string of the molecule is CCNc1cncc(C(=O)N(C)c2ccccn2)n1. The minimum atomic E-state index is -0.244. The number of pyridine rings is 1. The van der Waals surface area contributed by atoms with Crippen molar-refractivity contribution in [3.8, 4) is 0 Å². The topological polar surface area (TPSA) is 71.0 Å². The van der Waals surface area contributed by atoms with Crippen molar-refractivity contribution in [3.63, 3.8) is 0 Å².